The van der Waals surface area contributed by atoms with E-state index in [4.69, 9.17) is 4.74 Å². The summed E-state index contributed by atoms with van der Waals surface area (Å²) in [5.74, 6) is 0.542. The quantitative estimate of drug-likeness (QED) is 0.589. The second-order valence-electron chi connectivity index (χ2n) is 7.17. The van der Waals surface area contributed by atoms with Crippen LogP contribution in [0.25, 0.3) is 0 Å². The second-order valence-corrected chi connectivity index (χ2v) is 7.17. The molecule has 2 aromatic carbocycles. The van der Waals surface area contributed by atoms with E-state index in [1.807, 2.05) is 44.2 Å². The maximum absolute atomic E-state index is 13.0. The number of ether oxygens (including phenoxy) is 1. The molecule has 7 nitrogen and oxygen atoms in total. The van der Waals surface area contributed by atoms with E-state index < -0.39 is 6.04 Å². The lowest BCUT2D eigenvalue weighted by Crippen LogP contribution is -2.37. The van der Waals surface area contributed by atoms with E-state index >= 15 is 0 Å². The fraction of sp³-hybridized carbons (Fsp3) is 0.217. The molecule has 0 fully saturated rings. The molecular formula is C23H24N4O3. The van der Waals surface area contributed by atoms with Gasteiger partial charge in [-0.05, 0) is 23.6 Å². The highest BCUT2D eigenvalue weighted by Crippen LogP contribution is 2.23. The first kappa shape index (κ1) is 21.0. The third-order valence-electron chi connectivity index (χ3n) is 4.16. The Bertz CT molecular complexity index is 978. The summed E-state index contributed by atoms with van der Waals surface area (Å²) in [6, 6.07) is 15.3. The average molecular weight is 404 g/mol. The zero-order valence-electron chi connectivity index (χ0n) is 16.9. The van der Waals surface area contributed by atoms with Crippen molar-refractivity contribution >= 4 is 17.5 Å². The molecule has 1 atom stereocenters. The number of hydrogen-bond donors (Lipinski definition) is 2. The van der Waals surface area contributed by atoms with Crippen molar-refractivity contribution in [2.45, 2.75) is 26.3 Å². The Labute approximate surface area is 175 Å². The molecule has 7 heteroatoms. The van der Waals surface area contributed by atoms with E-state index in [1.165, 1.54) is 12.4 Å². The van der Waals surface area contributed by atoms with E-state index in [0.29, 0.717) is 29.3 Å². The molecule has 0 spiro atoms. The maximum Gasteiger partial charge on any atom is 0.251 e. The SMILES string of the molecule is CC(C)CC(=O)NC(C(=O)Nc1cccc(Oc2cnccn2)c1)c1ccccc1. The molecule has 154 valence electrons. The van der Waals surface area contributed by atoms with Crippen LogP contribution in [0.4, 0.5) is 5.69 Å². The van der Waals surface area contributed by atoms with Gasteiger partial charge in [0.1, 0.15) is 11.8 Å². The van der Waals surface area contributed by atoms with E-state index in [0.717, 1.165) is 0 Å². The molecular weight excluding hydrogens is 380 g/mol. The van der Waals surface area contributed by atoms with Crippen LogP contribution in [0, 0.1) is 5.92 Å². The van der Waals surface area contributed by atoms with E-state index in [9.17, 15) is 9.59 Å². The van der Waals surface area contributed by atoms with Gasteiger partial charge in [-0.3, -0.25) is 14.6 Å². The normalized spacial score (nSPS) is 11.6. The number of nitrogens with one attached hydrogen (secondary N) is 2. The van der Waals surface area contributed by atoms with Crippen molar-refractivity contribution in [1.82, 2.24) is 15.3 Å². The monoisotopic (exact) mass is 404 g/mol. The summed E-state index contributed by atoms with van der Waals surface area (Å²) in [4.78, 5) is 33.4. The van der Waals surface area contributed by atoms with Crippen molar-refractivity contribution in [2.24, 2.45) is 5.92 Å². The third kappa shape index (κ3) is 6.13. The predicted molar refractivity (Wildman–Crippen MR) is 114 cm³/mol. The largest absolute Gasteiger partial charge is 0.437 e. The summed E-state index contributed by atoms with van der Waals surface area (Å²) in [5.41, 5.74) is 1.25. The molecule has 1 unspecified atom stereocenters. The zero-order chi connectivity index (χ0) is 21.3. The number of carbonyl (C=O) groups excluding carboxylic acids is 2. The number of benzene rings is 2. The van der Waals surface area contributed by atoms with Crippen molar-refractivity contribution < 1.29 is 14.3 Å². The molecule has 3 aromatic rings. The van der Waals surface area contributed by atoms with Crippen molar-refractivity contribution in [3.05, 3.63) is 78.8 Å². The van der Waals surface area contributed by atoms with Crippen LogP contribution in [0.3, 0.4) is 0 Å². The van der Waals surface area contributed by atoms with E-state index in [-0.39, 0.29) is 17.7 Å². The molecule has 2 amide bonds. The molecule has 2 N–H and O–H groups in total. The summed E-state index contributed by atoms with van der Waals surface area (Å²) in [5, 5.41) is 5.69. The third-order valence-corrected chi connectivity index (χ3v) is 4.16. The van der Waals surface area contributed by atoms with E-state index in [2.05, 4.69) is 20.6 Å². The number of hydrogen-bond acceptors (Lipinski definition) is 5. The Morgan fingerprint density at radius 2 is 1.83 bits per heavy atom. The molecule has 0 saturated carbocycles. The second kappa shape index (κ2) is 10.2. The van der Waals surface area contributed by atoms with Crippen molar-refractivity contribution in [1.29, 1.82) is 0 Å². The van der Waals surface area contributed by atoms with Crippen LogP contribution in [0.15, 0.2) is 73.2 Å². The highest BCUT2D eigenvalue weighted by Gasteiger charge is 2.23. The average Bonchev–Trinajstić information content (AvgIpc) is 2.73. The van der Waals surface area contributed by atoms with Gasteiger partial charge in [-0.25, -0.2) is 4.98 Å². The molecule has 0 radical (unpaired) electrons. The van der Waals surface area contributed by atoms with Crippen molar-refractivity contribution in [3.63, 3.8) is 0 Å². The predicted octanol–water partition coefficient (Wildman–Crippen LogP) is 4.11. The van der Waals surface area contributed by atoms with E-state index in [1.54, 1.807) is 30.5 Å². The Morgan fingerprint density at radius 1 is 1.03 bits per heavy atom. The van der Waals surface area contributed by atoms with Gasteiger partial charge in [0.05, 0.1) is 6.20 Å². The Morgan fingerprint density at radius 3 is 2.53 bits per heavy atom. The Kier molecular flexibility index (Phi) is 7.10. The van der Waals surface area contributed by atoms with Crippen molar-refractivity contribution in [3.8, 4) is 11.6 Å². The summed E-state index contributed by atoms with van der Waals surface area (Å²) in [7, 11) is 0. The summed E-state index contributed by atoms with van der Waals surface area (Å²) < 4.78 is 5.66. The first-order valence-corrected chi connectivity index (χ1v) is 9.70. The standard InChI is InChI=1S/C23H24N4O3/c1-16(2)13-20(28)27-22(17-7-4-3-5-8-17)23(29)26-18-9-6-10-19(14-18)30-21-15-24-11-12-25-21/h3-12,14-16,22H,13H2,1-2H3,(H,26,29)(H,27,28). The molecule has 0 aliphatic carbocycles. The Hall–Kier alpha value is -3.74. The van der Waals surface area contributed by atoms with Crippen LogP contribution < -0.4 is 15.4 Å². The van der Waals surface area contributed by atoms with Crippen LogP contribution in [0.1, 0.15) is 31.9 Å². The highest BCUT2D eigenvalue weighted by atomic mass is 16.5. The number of aromatic nitrogens is 2. The minimum absolute atomic E-state index is 0.172. The van der Waals surface area contributed by atoms with Crippen LogP contribution in [0.2, 0.25) is 0 Å². The van der Waals surface area contributed by atoms with Gasteiger partial charge in [-0.15, -0.1) is 0 Å². The summed E-state index contributed by atoms with van der Waals surface area (Å²) in [6.45, 7) is 3.92. The van der Waals surface area contributed by atoms with Gasteiger partial charge in [-0.1, -0.05) is 50.2 Å². The highest BCUT2D eigenvalue weighted by molar-refractivity contribution is 5.98. The first-order valence-electron chi connectivity index (χ1n) is 9.70. The molecule has 3 rings (SSSR count). The number of carbonyl (C=O) groups is 2. The number of rotatable bonds is 8. The van der Waals surface area contributed by atoms with Crippen LogP contribution in [-0.4, -0.2) is 21.8 Å². The van der Waals surface area contributed by atoms with Gasteiger partial charge in [-0.2, -0.15) is 0 Å². The van der Waals surface area contributed by atoms with Gasteiger partial charge < -0.3 is 15.4 Å². The number of anilines is 1. The molecule has 0 aliphatic heterocycles. The molecule has 0 aliphatic rings. The fourth-order valence-corrected chi connectivity index (χ4v) is 2.85. The number of amides is 2. The van der Waals surface area contributed by atoms with Crippen LogP contribution in [0.5, 0.6) is 11.6 Å². The Balaban J connectivity index is 1.75. The fourth-order valence-electron chi connectivity index (χ4n) is 2.85. The van der Waals surface area contributed by atoms with Crippen LogP contribution >= 0.6 is 0 Å². The molecule has 1 aromatic heterocycles. The lowest BCUT2D eigenvalue weighted by atomic mass is 10.0. The summed E-state index contributed by atoms with van der Waals surface area (Å²) >= 11 is 0. The van der Waals surface area contributed by atoms with Gasteiger partial charge in [0, 0.05) is 30.6 Å². The van der Waals surface area contributed by atoms with Gasteiger partial charge in [0.15, 0.2) is 0 Å². The van der Waals surface area contributed by atoms with Gasteiger partial charge in [0.25, 0.3) is 5.91 Å². The maximum atomic E-state index is 13.0. The van der Waals surface area contributed by atoms with Gasteiger partial charge >= 0.3 is 0 Å². The smallest absolute Gasteiger partial charge is 0.251 e. The van der Waals surface area contributed by atoms with Crippen LogP contribution in [-0.2, 0) is 9.59 Å². The zero-order valence-corrected chi connectivity index (χ0v) is 16.9. The lowest BCUT2D eigenvalue weighted by molar-refractivity contribution is -0.127. The van der Waals surface area contributed by atoms with Gasteiger partial charge in [0.2, 0.25) is 11.8 Å². The topological polar surface area (TPSA) is 93.2 Å². The summed E-state index contributed by atoms with van der Waals surface area (Å²) in [6.07, 6.45) is 4.94. The minimum Gasteiger partial charge on any atom is -0.437 e. The molecule has 0 saturated heterocycles. The minimum atomic E-state index is -0.804. The first-order chi connectivity index (χ1) is 14.5. The molecule has 0 bridgehead atoms. The molecule has 1 heterocycles. The molecule has 30 heavy (non-hydrogen) atoms. The number of nitrogens with zero attached hydrogens (tertiary/aromatic N) is 2. The van der Waals surface area contributed by atoms with Crippen molar-refractivity contribution in [2.75, 3.05) is 5.32 Å². The lowest BCUT2D eigenvalue weighted by Gasteiger charge is -2.20.